The van der Waals surface area contributed by atoms with Crippen molar-refractivity contribution in [2.75, 3.05) is 18.4 Å². The van der Waals surface area contributed by atoms with Crippen LogP contribution in [0.2, 0.25) is 5.04 Å². The predicted molar refractivity (Wildman–Crippen MR) is 145 cm³/mol. The number of hydrogen-bond acceptors (Lipinski definition) is 6. The molecule has 2 saturated heterocycles. The highest BCUT2D eigenvalue weighted by molar-refractivity contribution is 7.87. The van der Waals surface area contributed by atoms with Crippen LogP contribution in [0.1, 0.15) is 46.5 Å². The monoisotopic (exact) mass is 552 g/mol. The molecule has 2 aliphatic rings. The van der Waals surface area contributed by atoms with Crippen LogP contribution < -0.4 is 10.4 Å². The topological polar surface area (TPSA) is 74.4 Å². The Hall–Kier alpha value is -1.26. The number of halogens is 1. The molecule has 0 radical (unpaired) electrons. The lowest BCUT2D eigenvalue weighted by Gasteiger charge is -2.43. The van der Waals surface area contributed by atoms with Crippen LogP contribution in [0.5, 0.6) is 0 Å². The first kappa shape index (κ1) is 27.8. The number of epoxide rings is 1. The molecular weight excluding hydrogens is 516 g/mol. The van der Waals surface area contributed by atoms with E-state index in [9.17, 15) is 8.42 Å². The van der Waals surface area contributed by atoms with Crippen LogP contribution in [-0.4, -0.2) is 59.6 Å². The lowest BCUT2D eigenvalue weighted by Crippen LogP contribution is -2.66. The summed E-state index contributed by atoms with van der Waals surface area (Å²) in [5.74, 6) is 0. The number of ether oxygens (including phenoxy) is 2. The van der Waals surface area contributed by atoms with Gasteiger partial charge in [-0.3, -0.25) is 4.18 Å². The molecule has 4 rings (SSSR count). The lowest BCUT2D eigenvalue weighted by atomic mass is 10.00. The molecule has 4 atom stereocenters. The van der Waals surface area contributed by atoms with Gasteiger partial charge in [0.2, 0.25) is 0 Å². The molecule has 0 bridgehead atoms. The Labute approximate surface area is 221 Å². The zero-order valence-electron chi connectivity index (χ0n) is 21.3. The van der Waals surface area contributed by atoms with Crippen molar-refractivity contribution < 1.29 is 26.5 Å². The number of rotatable bonds is 11. The van der Waals surface area contributed by atoms with Gasteiger partial charge in [-0.1, -0.05) is 81.4 Å². The van der Waals surface area contributed by atoms with Crippen molar-refractivity contribution >= 4 is 40.4 Å². The van der Waals surface area contributed by atoms with Gasteiger partial charge in [-0.15, -0.1) is 11.6 Å². The fraction of sp³-hybridized carbons (Fsp3) is 0.556. The van der Waals surface area contributed by atoms with E-state index in [1.54, 1.807) is 0 Å². The first-order valence-corrected chi connectivity index (χ1v) is 16.7. The van der Waals surface area contributed by atoms with Crippen LogP contribution in [0, 0.1) is 0 Å². The molecule has 0 unspecified atom stereocenters. The smallest absolute Gasteiger partial charge is 0.281 e. The molecule has 0 aliphatic carbocycles. The van der Waals surface area contributed by atoms with Crippen LogP contribution in [0.15, 0.2) is 60.7 Å². The van der Waals surface area contributed by atoms with E-state index in [0.717, 1.165) is 12.8 Å². The highest BCUT2D eigenvalue weighted by Gasteiger charge is 2.52. The van der Waals surface area contributed by atoms with Gasteiger partial charge in [0.1, 0.15) is 17.4 Å². The molecule has 0 saturated carbocycles. The molecule has 0 aromatic heterocycles. The normalized spacial score (nSPS) is 25.0. The van der Waals surface area contributed by atoms with Crippen LogP contribution in [0.4, 0.5) is 0 Å². The van der Waals surface area contributed by atoms with Gasteiger partial charge in [0, 0.05) is 6.61 Å². The summed E-state index contributed by atoms with van der Waals surface area (Å²) in [6.07, 6.45) is 2.16. The Morgan fingerprint density at radius 3 is 2.08 bits per heavy atom. The predicted octanol–water partition coefficient (Wildman–Crippen LogP) is 4.20. The second kappa shape index (κ2) is 11.6. The van der Waals surface area contributed by atoms with E-state index in [1.807, 2.05) is 12.1 Å². The van der Waals surface area contributed by atoms with Gasteiger partial charge in [0.15, 0.2) is 0 Å². The van der Waals surface area contributed by atoms with Gasteiger partial charge < -0.3 is 13.9 Å². The van der Waals surface area contributed by atoms with Gasteiger partial charge in [0.05, 0.1) is 18.8 Å². The molecular formula is C27H37ClO6SSi. The fourth-order valence-electron chi connectivity index (χ4n) is 5.28. The molecule has 198 valence electrons. The van der Waals surface area contributed by atoms with Gasteiger partial charge in [-0.25, -0.2) is 0 Å². The van der Waals surface area contributed by atoms with Crippen molar-refractivity contribution in [3.8, 4) is 0 Å². The average molecular weight is 553 g/mol. The molecule has 0 spiro atoms. The molecule has 6 nitrogen and oxygen atoms in total. The molecule has 2 aromatic carbocycles. The van der Waals surface area contributed by atoms with E-state index in [4.69, 9.17) is 29.7 Å². The highest BCUT2D eigenvalue weighted by Crippen LogP contribution is 2.38. The Morgan fingerprint density at radius 2 is 1.53 bits per heavy atom. The lowest BCUT2D eigenvalue weighted by molar-refractivity contribution is -0.0647. The van der Waals surface area contributed by atoms with E-state index in [-0.39, 0.29) is 23.4 Å². The molecule has 0 N–H and O–H groups in total. The summed E-state index contributed by atoms with van der Waals surface area (Å²) in [6.45, 7) is 7.92. The summed E-state index contributed by atoms with van der Waals surface area (Å²) in [5, 5.41) is 1.85. The quantitative estimate of drug-likeness (QED) is 0.180. The van der Waals surface area contributed by atoms with Crippen molar-refractivity contribution in [2.45, 2.75) is 75.9 Å². The third-order valence-electron chi connectivity index (χ3n) is 7.09. The summed E-state index contributed by atoms with van der Waals surface area (Å²) < 4.78 is 47.9. The summed E-state index contributed by atoms with van der Waals surface area (Å²) in [5.41, 5.74) is 0. The average Bonchev–Trinajstić information content (AvgIpc) is 3.62. The van der Waals surface area contributed by atoms with Crippen LogP contribution in [-0.2, 0) is 28.2 Å². The first-order valence-electron chi connectivity index (χ1n) is 12.7. The molecule has 2 heterocycles. The molecule has 2 aromatic rings. The second-order valence-corrected chi connectivity index (χ2v) is 17.1. The van der Waals surface area contributed by atoms with Crippen LogP contribution in [0.3, 0.4) is 0 Å². The maximum atomic E-state index is 11.9. The van der Waals surface area contributed by atoms with Crippen molar-refractivity contribution in [2.24, 2.45) is 0 Å². The van der Waals surface area contributed by atoms with Crippen LogP contribution in [0.25, 0.3) is 0 Å². The highest BCUT2D eigenvalue weighted by atomic mass is 35.5. The van der Waals surface area contributed by atoms with Crippen molar-refractivity contribution in [3.63, 3.8) is 0 Å². The van der Waals surface area contributed by atoms with E-state index in [2.05, 4.69) is 69.3 Å². The van der Waals surface area contributed by atoms with E-state index >= 15 is 0 Å². The maximum Gasteiger partial charge on any atom is 0.281 e. The third-order valence-corrected chi connectivity index (χ3v) is 13.7. The Bertz CT molecular complexity index is 1040. The second-order valence-electron chi connectivity index (χ2n) is 10.6. The van der Waals surface area contributed by atoms with E-state index in [0.29, 0.717) is 26.1 Å². The van der Waals surface area contributed by atoms with Gasteiger partial charge in [-0.2, -0.15) is 8.42 Å². The largest absolute Gasteiger partial charge is 0.405 e. The van der Waals surface area contributed by atoms with Gasteiger partial charge in [0.25, 0.3) is 18.4 Å². The van der Waals surface area contributed by atoms with Gasteiger partial charge >= 0.3 is 0 Å². The molecule has 2 aliphatic heterocycles. The fourth-order valence-corrected chi connectivity index (χ4v) is 10.7. The van der Waals surface area contributed by atoms with Crippen molar-refractivity contribution in [1.29, 1.82) is 0 Å². The number of alkyl halides is 1. The zero-order chi connectivity index (χ0) is 25.8. The summed E-state index contributed by atoms with van der Waals surface area (Å²) in [6, 6.07) is 21.2. The van der Waals surface area contributed by atoms with E-state index < -0.39 is 29.8 Å². The van der Waals surface area contributed by atoms with Crippen molar-refractivity contribution in [1.82, 2.24) is 0 Å². The third kappa shape index (κ3) is 6.41. The summed E-state index contributed by atoms with van der Waals surface area (Å²) >= 11 is 5.52. The first-order chi connectivity index (χ1) is 17.2. The summed E-state index contributed by atoms with van der Waals surface area (Å²) in [7, 11) is -6.34. The summed E-state index contributed by atoms with van der Waals surface area (Å²) in [4.78, 5) is 0. The Morgan fingerprint density at radius 1 is 0.944 bits per heavy atom. The minimum absolute atomic E-state index is 0.0150. The zero-order valence-corrected chi connectivity index (χ0v) is 23.8. The molecule has 2 fully saturated rings. The SMILES string of the molecule is CC(C)(C)[Si](OC[C@H]1O[C@H]1CC[C@H]1OCCC[C@H]1OS(=O)(=O)CCl)(c1ccccc1)c1ccccc1. The number of hydrogen-bond donors (Lipinski definition) is 0. The Kier molecular flexibility index (Phi) is 8.98. The standard InChI is InChI=1S/C27H37ClO6SSi/c1-27(2,3)36(21-11-6-4-7-12-21,22-13-8-5-9-14-22)32-19-26-24(33-26)17-16-23-25(15-10-18-31-23)34-35(29,30)20-28/h4-9,11-14,23-26H,10,15-20H2,1-3H3/t23-,24+,25-,26-/m1/s1. The molecule has 0 amide bonds. The minimum Gasteiger partial charge on any atom is -0.405 e. The Balaban J connectivity index is 1.42. The number of benzene rings is 2. The molecule has 36 heavy (non-hydrogen) atoms. The molecule has 9 heteroatoms. The van der Waals surface area contributed by atoms with Gasteiger partial charge in [-0.05, 0) is 41.1 Å². The minimum atomic E-state index is -3.74. The van der Waals surface area contributed by atoms with Crippen LogP contribution >= 0.6 is 11.6 Å². The van der Waals surface area contributed by atoms with Crippen molar-refractivity contribution in [3.05, 3.63) is 60.7 Å². The van der Waals surface area contributed by atoms with E-state index in [1.165, 1.54) is 10.4 Å². The maximum absolute atomic E-state index is 11.9.